The minimum atomic E-state index is -0.0523. The third kappa shape index (κ3) is 2.84. The van der Waals surface area contributed by atoms with E-state index in [1.165, 1.54) is 12.8 Å². The van der Waals surface area contributed by atoms with Crippen LogP contribution in [0.25, 0.3) is 0 Å². The second-order valence-corrected chi connectivity index (χ2v) is 6.21. The van der Waals surface area contributed by atoms with Gasteiger partial charge in [0.05, 0.1) is 24.0 Å². The van der Waals surface area contributed by atoms with Gasteiger partial charge in [-0.1, -0.05) is 0 Å². The van der Waals surface area contributed by atoms with E-state index in [0.717, 1.165) is 25.3 Å². The fourth-order valence-corrected chi connectivity index (χ4v) is 2.78. The molecule has 1 aliphatic carbocycles. The van der Waals surface area contributed by atoms with E-state index in [-0.39, 0.29) is 17.7 Å². The Morgan fingerprint density at radius 3 is 2.95 bits per heavy atom. The van der Waals surface area contributed by atoms with E-state index in [9.17, 15) is 4.79 Å². The van der Waals surface area contributed by atoms with Crippen molar-refractivity contribution in [3.8, 4) is 0 Å². The molecule has 6 heteroatoms. The molecule has 1 saturated heterocycles. The molecule has 104 valence electrons. The number of rotatable bonds is 4. The molecule has 2 heterocycles. The van der Waals surface area contributed by atoms with Crippen LogP contribution < -0.4 is 10.9 Å². The van der Waals surface area contributed by atoms with Gasteiger partial charge >= 0.3 is 0 Å². The second kappa shape index (κ2) is 5.25. The highest BCUT2D eigenvalue weighted by molar-refractivity contribution is 9.10. The molecule has 5 nitrogen and oxygen atoms in total. The van der Waals surface area contributed by atoms with Crippen LogP contribution >= 0.6 is 15.9 Å². The third-order valence-corrected chi connectivity index (χ3v) is 4.60. The number of nitrogens with zero attached hydrogens (tertiary/aromatic N) is 2. The van der Waals surface area contributed by atoms with Crippen LogP contribution in [0.15, 0.2) is 15.5 Å². The Hall–Kier alpha value is -0.880. The summed E-state index contributed by atoms with van der Waals surface area (Å²) in [6.07, 6.45) is 5.28. The normalized spacial score (nSPS) is 26.6. The Bertz CT molecular complexity index is 527. The first-order valence-electron chi connectivity index (χ1n) is 6.79. The molecule has 0 bridgehead atoms. The lowest BCUT2D eigenvalue weighted by Gasteiger charge is -2.18. The number of hydrogen-bond donors (Lipinski definition) is 1. The summed E-state index contributed by atoms with van der Waals surface area (Å²) in [7, 11) is 0. The number of hydrogen-bond acceptors (Lipinski definition) is 4. The molecule has 2 fully saturated rings. The summed E-state index contributed by atoms with van der Waals surface area (Å²) in [6.45, 7) is 3.55. The number of nitrogens with one attached hydrogen (secondary N) is 1. The molecule has 1 aliphatic heterocycles. The number of ether oxygens (including phenoxy) is 1. The van der Waals surface area contributed by atoms with E-state index in [1.54, 1.807) is 10.9 Å². The van der Waals surface area contributed by atoms with E-state index in [2.05, 4.69) is 26.3 Å². The van der Waals surface area contributed by atoms with Crippen molar-refractivity contribution in [3.05, 3.63) is 21.0 Å². The highest BCUT2D eigenvalue weighted by atomic mass is 79.9. The van der Waals surface area contributed by atoms with Crippen molar-refractivity contribution in [2.45, 2.75) is 44.9 Å². The molecule has 1 aromatic rings. The van der Waals surface area contributed by atoms with Crippen molar-refractivity contribution in [2.24, 2.45) is 5.92 Å². The van der Waals surface area contributed by atoms with Crippen molar-refractivity contribution in [2.75, 3.05) is 11.9 Å². The van der Waals surface area contributed by atoms with E-state index in [4.69, 9.17) is 4.74 Å². The molecule has 1 N–H and O–H groups in total. The van der Waals surface area contributed by atoms with Crippen LogP contribution in [0.3, 0.4) is 0 Å². The first-order valence-corrected chi connectivity index (χ1v) is 7.58. The molecule has 0 amide bonds. The van der Waals surface area contributed by atoms with Gasteiger partial charge in [-0.05, 0) is 48.0 Å². The van der Waals surface area contributed by atoms with Crippen LogP contribution in [0.2, 0.25) is 0 Å². The summed E-state index contributed by atoms with van der Waals surface area (Å²) >= 11 is 3.39. The van der Waals surface area contributed by atoms with E-state index in [0.29, 0.717) is 10.4 Å². The van der Waals surface area contributed by atoms with Crippen LogP contribution in [-0.2, 0) is 11.3 Å². The third-order valence-electron chi connectivity index (χ3n) is 3.83. The zero-order valence-corrected chi connectivity index (χ0v) is 12.5. The number of anilines is 1. The summed E-state index contributed by atoms with van der Waals surface area (Å²) in [6, 6.07) is 0.247. The SMILES string of the molecule is CC1OCCC1Nc1cnn(CC2CC2)c(=O)c1Br. The molecule has 19 heavy (non-hydrogen) atoms. The fourth-order valence-electron chi connectivity index (χ4n) is 2.36. The lowest BCUT2D eigenvalue weighted by Crippen LogP contribution is -2.30. The van der Waals surface area contributed by atoms with Gasteiger partial charge in [-0.2, -0.15) is 5.10 Å². The summed E-state index contributed by atoms with van der Waals surface area (Å²) in [5, 5.41) is 7.61. The monoisotopic (exact) mass is 327 g/mol. The predicted octanol–water partition coefficient (Wildman–Crippen LogP) is 2.01. The Kier molecular flexibility index (Phi) is 3.62. The maximum absolute atomic E-state index is 12.2. The summed E-state index contributed by atoms with van der Waals surface area (Å²) in [5.74, 6) is 0.638. The van der Waals surface area contributed by atoms with Gasteiger partial charge in [-0.15, -0.1) is 0 Å². The van der Waals surface area contributed by atoms with E-state index in [1.807, 2.05) is 6.92 Å². The molecule has 2 aliphatic rings. The molecule has 2 atom stereocenters. The van der Waals surface area contributed by atoms with Gasteiger partial charge < -0.3 is 10.1 Å². The van der Waals surface area contributed by atoms with Crippen LogP contribution in [0.1, 0.15) is 26.2 Å². The maximum Gasteiger partial charge on any atom is 0.283 e. The fraction of sp³-hybridized carbons (Fsp3) is 0.692. The average Bonchev–Trinajstić information content (AvgIpc) is 3.12. The molecule has 1 saturated carbocycles. The van der Waals surface area contributed by atoms with Crippen molar-refractivity contribution in [1.29, 1.82) is 0 Å². The largest absolute Gasteiger partial charge is 0.377 e. The Morgan fingerprint density at radius 1 is 1.53 bits per heavy atom. The zero-order valence-electron chi connectivity index (χ0n) is 10.9. The summed E-state index contributed by atoms with van der Waals surface area (Å²) in [4.78, 5) is 12.2. The molecule has 0 spiro atoms. The standard InChI is InChI=1S/C13H18BrN3O2/c1-8-10(4-5-19-8)16-11-6-15-17(7-9-2-3-9)13(18)12(11)14/h6,8-10,16H,2-5,7H2,1H3. The lowest BCUT2D eigenvalue weighted by molar-refractivity contribution is 0.121. The Labute approximate surface area is 120 Å². The minimum Gasteiger partial charge on any atom is -0.377 e. The summed E-state index contributed by atoms with van der Waals surface area (Å²) < 4.78 is 7.64. The van der Waals surface area contributed by atoms with E-state index < -0.39 is 0 Å². The van der Waals surface area contributed by atoms with Crippen LogP contribution in [-0.4, -0.2) is 28.5 Å². The summed E-state index contributed by atoms with van der Waals surface area (Å²) in [5.41, 5.74) is 0.711. The highest BCUT2D eigenvalue weighted by Gasteiger charge is 2.26. The zero-order chi connectivity index (χ0) is 13.4. The first-order chi connectivity index (χ1) is 9.15. The first kappa shape index (κ1) is 13.1. The average molecular weight is 328 g/mol. The Morgan fingerprint density at radius 2 is 2.32 bits per heavy atom. The lowest BCUT2D eigenvalue weighted by atomic mass is 10.1. The van der Waals surface area contributed by atoms with Crippen LogP contribution in [0, 0.1) is 5.92 Å². The number of aromatic nitrogens is 2. The Balaban J connectivity index is 1.78. The minimum absolute atomic E-state index is 0.0523. The highest BCUT2D eigenvalue weighted by Crippen LogP contribution is 2.30. The second-order valence-electron chi connectivity index (χ2n) is 5.42. The topological polar surface area (TPSA) is 56.1 Å². The quantitative estimate of drug-likeness (QED) is 0.919. The van der Waals surface area contributed by atoms with Crippen molar-refractivity contribution in [3.63, 3.8) is 0 Å². The van der Waals surface area contributed by atoms with Gasteiger partial charge in [-0.25, -0.2) is 4.68 Å². The molecule has 1 aromatic heterocycles. The molecular weight excluding hydrogens is 310 g/mol. The predicted molar refractivity (Wildman–Crippen MR) is 76.4 cm³/mol. The molecule has 0 radical (unpaired) electrons. The van der Waals surface area contributed by atoms with Crippen molar-refractivity contribution < 1.29 is 4.74 Å². The molecule has 3 rings (SSSR count). The van der Waals surface area contributed by atoms with Crippen LogP contribution in [0.5, 0.6) is 0 Å². The van der Waals surface area contributed by atoms with E-state index >= 15 is 0 Å². The molecular formula is C13H18BrN3O2. The van der Waals surface area contributed by atoms with Gasteiger partial charge in [0.25, 0.3) is 5.56 Å². The maximum atomic E-state index is 12.2. The van der Waals surface area contributed by atoms with Gasteiger partial charge in [0.1, 0.15) is 4.47 Å². The van der Waals surface area contributed by atoms with Gasteiger partial charge in [-0.3, -0.25) is 4.79 Å². The van der Waals surface area contributed by atoms with Gasteiger partial charge in [0.15, 0.2) is 0 Å². The smallest absolute Gasteiger partial charge is 0.283 e. The van der Waals surface area contributed by atoms with Gasteiger partial charge in [0.2, 0.25) is 0 Å². The van der Waals surface area contributed by atoms with Crippen LogP contribution in [0.4, 0.5) is 5.69 Å². The van der Waals surface area contributed by atoms with Crippen molar-refractivity contribution >= 4 is 21.6 Å². The van der Waals surface area contributed by atoms with Gasteiger partial charge in [0, 0.05) is 13.2 Å². The van der Waals surface area contributed by atoms with Crippen molar-refractivity contribution in [1.82, 2.24) is 9.78 Å². The number of halogens is 1. The molecule has 2 unspecified atom stereocenters. The molecule has 0 aromatic carbocycles.